The molecule has 5 heteroatoms. The molecule has 2 atom stereocenters. The quantitative estimate of drug-likeness (QED) is 0.924. The molecule has 0 saturated heterocycles. The first-order valence-electron chi connectivity index (χ1n) is 6.94. The van der Waals surface area contributed by atoms with Crippen LogP contribution < -0.4 is 10.5 Å². The number of aromatic nitrogens is 2. The van der Waals surface area contributed by atoms with Crippen molar-refractivity contribution in [1.29, 1.82) is 0 Å². The highest BCUT2D eigenvalue weighted by Gasteiger charge is 2.34. The van der Waals surface area contributed by atoms with Crippen LogP contribution in [0.4, 0.5) is 0 Å². The molecule has 20 heavy (non-hydrogen) atoms. The van der Waals surface area contributed by atoms with Crippen molar-refractivity contribution in [3.05, 3.63) is 41.5 Å². The number of nitrogens with two attached hydrogens (primary N) is 1. The van der Waals surface area contributed by atoms with Crippen LogP contribution >= 0.6 is 0 Å². The van der Waals surface area contributed by atoms with Gasteiger partial charge in [-0.3, -0.25) is 0 Å². The normalized spacial score (nSPS) is 20.2. The molecule has 2 aromatic rings. The Morgan fingerprint density at radius 1 is 1.40 bits per heavy atom. The summed E-state index contributed by atoms with van der Waals surface area (Å²) in [5.41, 5.74) is 6.69. The first kappa shape index (κ1) is 13.1. The van der Waals surface area contributed by atoms with Crippen molar-refractivity contribution in [3.8, 4) is 5.75 Å². The van der Waals surface area contributed by atoms with Crippen molar-refractivity contribution in [1.82, 2.24) is 10.1 Å². The number of hydrogen-bond donors (Lipinski definition) is 1. The Morgan fingerprint density at radius 2 is 2.20 bits per heavy atom. The van der Waals surface area contributed by atoms with E-state index in [1.54, 1.807) is 0 Å². The highest BCUT2D eigenvalue weighted by molar-refractivity contribution is 5.42. The average molecular weight is 273 g/mol. The van der Waals surface area contributed by atoms with Crippen LogP contribution in [-0.2, 0) is 5.41 Å². The van der Waals surface area contributed by atoms with Crippen LogP contribution in [0.1, 0.15) is 43.5 Å². The minimum Gasteiger partial charge on any atom is -0.492 e. The topological polar surface area (TPSA) is 74.2 Å². The van der Waals surface area contributed by atoms with E-state index >= 15 is 0 Å². The molecule has 2 unspecified atom stereocenters. The number of para-hydroxylation sites is 1. The maximum Gasteiger partial charge on any atom is 0.233 e. The Kier molecular flexibility index (Phi) is 3.22. The Morgan fingerprint density at radius 3 is 2.95 bits per heavy atom. The SMILES string of the molecule is CCC(C)(CN)c1nc(C2COc3ccccc32)no1. The van der Waals surface area contributed by atoms with Gasteiger partial charge in [0.05, 0.1) is 11.3 Å². The lowest BCUT2D eigenvalue weighted by atomic mass is 9.87. The van der Waals surface area contributed by atoms with E-state index < -0.39 is 0 Å². The molecule has 1 aliphatic rings. The molecule has 0 saturated carbocycles. The summed E-state index contributed by atoms with van der Waals surface area (Å²) in [6, 6.07) is 7.97. The smallest absolute Gasteiger partial charge is 0.233 e. The van der Waals surface area contributed by atoms with Crippen LogP contribution in [-0.4, -0.2) is 23.3 Å². The average Bonchev–Trinajstić information content (AvgIpc) is 3.12. The molecule has 0 bridgehead atoms. The third-order valence-electron chi connectivity index (χ3n) is 4.20. The summed E-state index contributed by atoms with van der Waals surface area (Å²) in [5, 5.41) is 4.14. The fraction of sp³-hybridized carbons (Fsp3) is 0.467. The number of nitrogens with zero attached hydrogens (tertiary/aromatic N) is 2. The Bertz CT molecular complexity index is 605. The zero-order chi connectivity index (χ0) is 14.2. The third kappa shape index (κ3) is 1.98. The maximum atomic E-state index is 5.84. The Hall–Kier alpha value is -1.88. The Labute approximate surface area is 118 Å². The van der Waals surface area contributed by atoms with Crippen LogP contribution in [0, 0.1) is 0 Å². The first-order valence-corrected chi connectivity index (χ1v) is 6.94. The van der Waals surface area contributed by atoms with Gasteiger partial charge in [0.1, 0.15) is 12.4 Å². The van der Waals surface area contributed by atoms with Crippen molar-refractivity contribution in [2.45, 2.75) is 31.6 Å². The highest BCUT2D eigenvalue weighted by Crippen LogP contribution is 2.37. The molecular weight excluding hydrogens is 254 g/mol. The van der Waals surface area contributed by atoms with Gasteiger partial charge in [-0.05, 0) is 19.4 Å². The van der Waals surface area contributed by atoms with E-state index in [1.807, 2.05) is 31.2 Å². The zero-order valence-electron chi connectivity index (χ0n) is 11.8. The number of rotatable bonds is 4. The molecule has 5 nitrogen and oxygen atoms in total. The highest BCUT2D eigenvalue weighted by atomic mass is 16.5. The molecule has 1 aromatic carbocycles. The van der Waals surface area contributed by atoms with Gasteiger partial charge in [0.2, 0.25) is 5.89 Å². The Balaban J connectivity index is 1.92. The largest absolute Gasteiger partial charge is 0.492 e. The number of benzene rings is 1. The van der Waals surface area contributed by atoms with Gasteiger partial charge in [-0.25, -0.2) is 0 Å². The van der Waals surface area contributed by atoms with Crippen molar-refractivity contribution >= 4 is 0 Å². The van der Waals surface area contributed by atoms with Crippen molar-refractivity contribution < 1.29 is 9.26 Å². The second kappa shape index (κ2) is 4.90. The molecule has 0 spiro atoms. The summed E-state index contributed by atoms with van der Waals surface area (Å²) in [6.07, 6.45) is 0.864. The lowest BCUT2D eigenvalue weighted by Gasteiger charge is -2.20. The summed E-state index contributed by atoms with van der Waals surface area (Å²) in [7, 11) is 0. The van der Waals surface area contributed by atoms with E-state index in [0.717, 1.165) is 17.7 Å². The van der Waals surface area contributed by atoms with Crippen molar-refractivity contribution in [3.63, 3.8) is 0 Å². The van der Waals surface area contributed by atoms with Crippen LogP contribution in [0.2, 0.25) is 0 Å². The van der Waals surface area contributed by atoms with Crippen LogP contribution in [0.15, 0.2) is 28.8 Å². The van der Waals surface area contributed by atoms with E-state index in [0.29, 0.717) is 24.9 Å². The number of hydrogen-bond acceptors (Lipinski definition) is 5. The minimum atomic E-state index is -0.260. The van der Waals surface area contributed by atoms with Gasteiger partial charge < -0.3 is 15.0 Å². The lowest BCUT2D eigenvalue weighted by Crippen LogP contribution is -2.31. The van der Waals surface area contributed by atoms with Crippen LogP contribution in [0.5, 0.6) is 5.75 Å². The molecule has 106 valence electrons. The van der Waals surface area contributed by atoms with Crippen LogP contribution in [0.3, 0.4) is 0 Å². The number of fused-ring (bicyclic) bond motifs is 1. The van der Waals surface area contributed by atoms with E-state index in [4.69, 9.17) is 15.0 Å². The summed E-state index contributed by atoms with van der Waals surface area (Å²) >= 11 is 0. The zero-order valence-corrected chi connectivity index (χ0v) is 11.8. The standard InChI is InChI=1S/C15H19N3O2/c1-3-15(2,9-16)14-17-13(18-20-14)11-8-19-12-7-5-4-6-10(11)12/h4-7,11H,3,8-9,16H2,1-2H3. The molecular formula is C15H19N3O2. The second-order valence-corrected chi connectivity index (χ2v) is 5.48. The molecule has 2 heterocycles. The maximum absolute atomic E-state index is 5.84. The van der Waals surface area contributed by atoms with Gasteiger partial charge in [0.25, 0.3) is 0 Å². The van der Waals surface area contributed by atoms with E-state index in [9.17, 15) is 0 Å². The van der Waals surface area contributed by atoms with E-state index in [-0.39, 0.29) is 11.3 Å². The summed E-state index contributed by atoms with van der Waals surface area (Å²) in [4.78, 5) is 4.57. The predicted octanol–water partition coefficient (Wildman–Crippen LogP) is 2.22. The molecule has 0 radical (unpaired) electrons. The number of ether oxygens (including phenoxy) is 1. The second-order valence-electron chi connectivity index (χ2n) is 5.48. The molecule has 0 aliphatic carbocycles. The predicted molar refractivity (Wildman–Crippen MR) is 74.8 cm³/mol. The van der Waals surface area contributed by atoms with Gasteiger partial charge in [-0.15, -0.1) is 0 Å². The van der Waals surface area contributed by atoms with Gasteiger partial charge in [-0.1, -0.05) is 30.3 Å². The summed E-state index contributed by atoms with van der Waals surface area (Å²) < 4.78 is 11.1. The monoisotopic (exact) mass is 273 g/mol. The lowest BCUT2D eigenvalue weighted by molar-refractivity contribution is 0.287. The van der Waals surface area contributed by atoms with Gasteiger partial charge in [0, 0.05) is 12.1 Å². The molecule has 0 amide bonds. The van der Waals surface area contributed by atoms with Gasteiger partial charge >= 0.3 is 0 Å². The minimum absolute atomic E-state index is 0.0441. The van der Waals surface area contributed by atoms with Gasteiger partial charge in [-0.2, -0.15) is 4.98 Å². The molecule has 0 fully saturated rings. The summed E-state index contributed by atoms with van der Waals surface area (Å²) in [5.74, 6) is 2.24. The molecule has 2 N–H and O–H groups in total. The molecule has 1 aliphatic heterocycles. The fourth-order valence-corrected chi connectivity index (χ4v) is 2.38. The van der Waals surface area contributed by atoms with E-state index in [2.05, 4.69) is 17.1 Å². The van der Waals surface area contributed by atoms with Gasteiger partial charge in [0.15, 0.2) is 5.82 Å². The molecule has 3 rings (SSSR count). The van der Waals surface area contributed by atoms with E-state index in [1.165, 1.54) is 0 Å². The molecule has 1 aromatic heterocycles. The van der Waals surface area contributed by atoms with Crippen molar-refractivity contribution in [2.24, 2.45) is 5.73 Å². The first-order chi connectivity index (χ1) is 9.68. The fourth-order valence-electron chi connectivity index (χ4n) is 2.38. The van der Waals surface area contributed by atoms with Crippen LogP contribution in [0.25, 0.3) is 0 Å². The third-order valence-corrected chi connectivity index (χ3v) is 4.20. The summed E-state index contributed by atoms with van der Waals surface area (Å²) in [6.45, 7) is 5.17. The van der Waals surface area contributed by atoms with Crippen molar-refractivity contribution in [2.75, 3.05) is 13.2 Å².